The van der Waals surface area contributed by atoms with E-state index >= 15 is 0 Å². The number of primary sulfonamides is 1. The van der Waals surface area contributed by atoms with Gasteiger partial charge in [-0.3, -0.25) is 4.79 Å². The van der Waals surface area contributed by atoms with Crippen LogP contribution >= 0.6 is 0 Å². The third-order valence-electron chi connectivity index (χ3n) is 3.72. The summed E-state index contributed by atoms with van der Waals surface area (Å²) in [5, 5.41) is 7.78. The van der Waals surface area contributed by atoms with Crippen molar-refractivity contribution in [2.75, 3.05) is 6.54 Å². The number of nitrogens with two attached hydrogens (primary N) is 1. The number of hydrogen-bond acceptors (Lipinski definition) is 4. The van der Waals surface area contributed by atoms with Gasteiger partial charge in [0.1, 0.15) is 10.7 Å². The first-order chi connectivity index (χ1) is 9.38. The largest absolute Gasteiger partial charge is 0.455 e. The van der Waals surface area contributed by atoms with Gasteiger partial charge in [0, 0.05) is 12.6 Å². The van der Waals surface area contributed by atoms with E-state index in [9.17, 15) is 13.2 Å². The number of hydrogen-bond donors (Lipinski definition) is 2. The number of sulfonamides is 1. The second kappa shape index (κ2) is 5.97. The highest BCUT2D eigenvalue weighted by molar-refractivity contribution is 7.89. The number of rotatable bonds is 5. The highest BCUT2D eigenvalue weighted by Crippen LogP contribution is 2.27. The van der Waals surface area contributed by atoms with Gasteiger partial charge in [0.05, 0.1) is 0 Å². The van der Waals surface area contributed by atoms with Crippen LogP contribution in [0.2, 0.25) is 0 Å². The van der Waals surface area contributed by atoms with Gasteiger partial charge >= 0.3 is 0 Å². The zero-order valence-corrected chi connectivity index (χ0v) is 12.3. The van der Waals surface area contributed by atoms with Crippen LogP contribution in [-0.4, -0.2) is 20.9 Å². The van der Waals surface area contributed by atoms with Gasteiger partial charge in [-0.25, -0.2) is 13.6 Å². The van der Waals surface area contributed by atoms with Crippen molar-refractivity contribution >= 4 is 15.9 Å². The summed E-state index contributed by atoms with van der Waals surface area (Å²) in [4.78, 5) is 11.7. The number of carbonyl (C=O) groups is 1. The summed E-state index contributed by atoms with van der Waals surface area (Å²) in [7, 11) is -3.85. The zero-order valence-electron chi connectivity index (χ0n) is 11.5. The molecule has 112 valence electrons. The number of amides is 1. The molecule has 1 aromatic heterocycles. The van der Waals surface area contributed by atoms with Gasteiger partial charge in [-0.15, -0.1) is 0 Å². The quantitative estimate of drug-likeness (QED) is 0.861. The Labute approximate surface area is 118 Å². The Morgan fingerprint density at radius 2 is 2.10 bits per heavy atom. The lowest BCUT2D eigenvalue weighted by molar-refractivity contribution is 0.0922. The normalized spacial score (nSPS) is 16.5. The summed E-state index contributed by atoms with van der Waals surface area (Å²) in [6, 6.07) is 1.18. The number of furan rings is 1. The Kier molecular flexibility index (Phi) is 4.49. The van der Waals surface area contributed by atoms with Gasteiger partial charge in [0.25, 0.3) is 5.91 Å². The molecule has 7 heteroatoms. The standard InChI is InChI=1S/C13H20N2O4S/c1-9-12(20(14,17)18)8-11(19-9)13(16)15-7-6-10-4-2-3-5-10/h8,10H,2-7H2,1H3,(H,15,16)(H2,14,17,18). The van der Waals surface area contributed by atoms with E-state index in [1.54, 1.807) is 0 Å². The van der Waals surface area contributed by atoms with Gasteiger partial charge in [-0.1, -0.05) is 25.7 Å². The fourth-order valence-electron chi connectivity index (χ4n) is 2.64. The van der Waals surface area contributed by atoms with Crippen molar-refractivity contribution in [2.24, 2.45) is 11.1 Å². The van der Waals surface area contributed by atoms with Gasteiger partial charge in [0.15, 0.2) is 5.76 Å². The predicted octanol–water partition coefficient (Wildman–Crippen LogP) is 1.55. The van der Waals surface area contributed by atoms with Crippen LogP contribution < -0.4 is 10.5 Å². The molecule has 0 aromatic carbocycles. The third-order valence-corrected chi connectivity index (χ3v) is 4.73. The Bertz CT molecular complexity index is 586. The SMILES string of the molecule is Cc1oc(C(=O)NCCC2CCCC2)cc1S(N)(=O)=O. The van der Waals surface area contributed by atoms with E-state index in [4.69, 9.17) is 9.56 Å². The molecule has 1 aliphatic rings. The third kappa shape index (κ3) is 3.61. The topological polar surface area (TPSA) is 102 Å². The van der Waals surface area contributed by atoms with Crippen LogP contribution in [0.5, 0.6) is 0 Å². The minimum absolute atomic E-state index is 0.0158. The van der Waals surface area contributed by atoms with E-state index in [-0.39, 0.29) is 16.4 Å². The molecule has 1 saturated carbocycles. The summed E-state index contributed by atoms with van der Waals surface area (Å²) in [5.41, 5.74) is 0. The molecule has 2 rings (SSSR count). The molecule has 3 N–H and O–H groups in total. The summed E-state index contributed by atoms with van der Waals surface area (Å²) < 4.78 is 27.7. The first-order valence-corrected chi connectivity index (χ1v) is 8.34. The van der Waals surface area contributed by atoms with E-state index in [0.29, 0.717) is 12.5 Å². The Balaban J connectivity index is 1.92. The molecule has 0 spiro atoms. The highest BCUT2D eigenvalue weighted by atomic mass is 32.2. The fourth-order valence-corrected chi connectivity index (χ4v) is 3.35. The van der Waals surface area contributed by atoms with Crippen molar-refractivity contribution < 1.29 is 17.6 Å². The molecule has 1 amide bonds. The molecule has 0 atom stereocenters. The molecule has 0 bridgehead atoms. The van der Waals surface area contributed by atoms with Crippen LogP contribution in [-0.2, 0) is 10.0 Å². The second-order valence-electron chi connectivity index (χ2n) is 5.27. The van der Waals surface area contributed by atoms with Crippen molar-refractivity contribution in [2.45, 2.75) is 43.9 Å². The molecule has 0 aliphatic heterocycles. The first kappa shape index (κ1) is 15.1. The van der Waals surface area contributed by atoms with Crippen molar-refractivity contribution in [1.82, 2.24) is 5.32 Å². The van der Waals surface area contributed by atoms with Crippen molar-refractivity contribution in [3.63, 3.8) is 0 Å². The Morgan fingerprint density at radius 3 is 2.65 bits per heavy atom. The molecule has 6 nitrogen and oxygen atoms in total. The molecular weight excluding hydrogens is 280 g/mol. The predicted molar refractivity (Wildman–Crippen MR) is 73.7 cm³/mol. The number of aryl methyl sites for hydroxylation is 1. The van der Waals surface area contributed by atoms with E-state index in [0.717, 1.165) is 6.42 Å². The maximum absolute atomic E-state index is 11.9. The van der Waals surface area contributed by atoms with Crippen molar-refractivity contribution in [3.8, 4) is 0 Å². The molecule has 0 saturated heterocycles. The lowest BCUT2D eigenvalue weighted by Crippen LogP contribution is -2.25. The number of carbonyl (C=O) groups excluding carboxylic acids is 1. The maximum atomic E-state index is 11.9. The van der Waals surface area contributed by atoms with Crippen LogP contribution in [0.3, 0.4) is 0 Å². The van der Waals surface area contributed by atoms with E-state index < -0.39 is 15.9 Å². The van der Waals surface area contributed by atoms with E-state index in [2.05, 4.69) is 5.32 Å². The molecule has 1 aromatic rings. The molecule has 0 radical (unpaired) electrons. The average Bonchev–Trinajstić information content (AvgIpc) is 2.97. The van der Waals surface area contributed by atoms with Crippen molar-refractivity contribution in [1.29, 1.82) is 0 Å². The van der Waals surface area contributed by atoms with Crippen LogP contribution in [0.25, 0.3) is 0 Å². The summed E-state index contributed by atoms with van der Waals surface area (Å²) in [6.45, 7) is 2.04. The molecule has 1 aliphatic carbocycles. The van der Waals surface area contributed by atoms with E-state index in [1.807, 2.05) is 0 Å². The molecule has 0 unspecified atom stereocenters. The Morgan fingerprint density at radius 1 is 1.45 bits per heavy atom. The lowest BCUT2D eigenvalue weighted by atomic mass is 10.0. The van der Waals surface area contributed by atoms with E-state index in [1.165, 1.54) is 38.7 Å². The minimum Gasteiger partial charge on any atom is -0.455 e. The summed E-state index contributed by atoms with van der Waals surface area (Å²) in [5.74, 6) is 0.404. The van der Waals surface area contributed by atoms with Crippen LogP contribution in [0, 0.1) is 12.8 Å². The molecule has 1 heterocycles. The van der Waals surface area contributed by atoms with Gasteiger partial charge in [0.2, 0.25) is 10.0 Å². The molecule has 20 heavy (non-hydrogen) atoms. The molecular formula is C13H20N2O4S. The van der Waals surface area contributed by atoms with Gasteiger partial charge in [-0.2, -0.15) is 0 Å². The van der Waals surface area contributed by atoms with Crippen LogP contribution in [0.1, 0.15) is 48.4 Å². The average molecular weight is 300 g/mol. The summed E-state index contributed by atoms with van der Waals surface area (Å²) in [6.07, 6.45) is 5.95. The fraction of sp³-hybridized carbons (Fsp3) is 0.615. The lowest BCUT2D eigenvalue weighted by Gasteiger charge is -2.08. The number of nitrogens with one attached hydrogen (secondary N) is 1. The van der Waals surface area contributed by atoms with Crippen LogP contribution in [0.4, 0.5) is 0 Å². The minimum atomic E-state index is -3.85. The zero-order chi connectivity index (χ0) is 14.8. The maximum Gasteiger partial charge on any atom is 0.287 e. The monoisotopic (exact) mass is 300 g/mol. The Hall–Kier alpha value is -1.34. The first-order valence-electron chi connectivity index (χ1n) is 6.79. The highest BCUT2D eigenvalue weighted by Gasteiger charge is 2.21. The molecule has 1 fully saturated rings. The summed E-state index contributed by atoms with van der Waals surface area (Å²) >= 11 is 0. The smallest absolute Gasteiger partial charge is 0.287 e. The van der Waals surface area contributed by atoms with Gasteiger partial charge in [-0.05, 0) is 19.3 Å². The van der Waals surface area contributed by atoms with Crippen molar-refractivity contribution in [3.05, 3.63) is 17.6 Å². The van der Waals surface area contributed by atoms with Gasteiger partial charge < -0.3 is 9.73 Å². The van der Waals surface area contributed by atoms with Crippen LogP contribution in [0.15, 0.2) is 15.4 Å². The second-order valence-corrected chi connectivity index (χ2v) is 6.80.